The Morgan fingerprint density at radius 3 is 1.19 bits per heavy atom. The second-order valence-corrected chi connectivity index (χ2v) is 11.2. The molecule has 0 aliphatic carbocycles. The number of rotatable bonds is 11. The third kappa shape index (κ3) is 6.83. The summed E-state index contributed by atoms with van der Waals surface area (Å²) in [5, 5.41) is 22.9. The van der Waals surface area contributed by atoms with Crippen LogP contribution in [0, 0.1) is 0 Å². The van der Waals surface area contributed by atoms with E-state index in [1.165, 1.54) is 0 Å². The van der Waals surface area contributed by atoms with Crippen molar-refractivity contribution in [1.29, 1.82) is 0 Å². The van der Waals surface area contributed by atoms with Gasteiger partial charge in [-0.3, -0.25) is 9.98 Å². The number of aliphatic imine (C=N–C) groups is 2. The molecule has 6 heteroatoms. The maximum atomic E-state index is 11.4. The van der Waals surface area contributed by atoms with Gasteiger partial charge in [0, 0.05) is 45.8 Å². The van der Waals surface area contributed by atoms with Crippen molar-refractivity contribution in [3.63, 3.8) is 0 Å². The normalized spacial score (nSPS) is 12.6. The monoisotopic (exact) mass is 632 g/mol. The number of aromatic hydroxyl groups is 2. The van der Waals surface area contributed by atoms with Gasteiger partial charge < -0.3 is 19.7 Å². The average Bonchev–Trinajstić information content (AvgIpc) is 3.14. The second kappa shape index (κ2) is 15.0. The fourth-order valence-corrected chi connectivity index (χ4v) is 5.82. The summed E-state index contributed by atoms with van der Waals surface area (Å²) < 4.78 is 11.1. The summed E-state index contributed by atoms with van der Waals surface area (Å²) >= 11 is 0. The molecule has 6 aromatic carbocycles. The highest BCUT2D eigenvalue weighted by atomic mass is 16.5. The smallest absolute Gasteiger partial charge is 0.132 e. The zero-order valence-corrected chi connectivity index (χ0v) is 26.8. The van der Waals surface area contributed by atoms with Gasteiger partial charge in [0.15, 0.2) is 0 Å². The van der Waals surface area contributed by atoms with E-state index in [9.17, 15) is 10.2 Å². The molecule has 2 N–H and O–H groups in total. The number of methoxy groups -OCH3 is 2. The van der Waals surface area contributed by atoms with Crippen molar-refractivity contribution in [2.24, 2.45) is 9.98 Å². The summed E-state index contributed by atoms with van der Waals surface area (Å²) in [5.74, 6) is 1.55. The van der Waals surface area contributed by atoms with Crippen molar-refractivity contribution >= 4 is 12.4 Å². The molecule has 0 amide bonds. The van der Waals surface area contributed by atoms with Crippen LogP contribution in [0.2, 0.25) is 0 Å². The van der Waals surface area contributed by atoms with E-state index in [1.807, 2.05) is 146 Å². The molecule has 0 aliphatic rings. The molecule has 0 radical (unpaired) electrons. The van der Waals surface area contributed by atoms with Crippen molar-refractivity contribution in [3.05, 3.63) is 168 Å². The number of hydrogen-bond acceptors (Lipinski definition) is 6. The lowest BCUT2D eigenvalue weighted by molar-refractivity contribution is 0.415. The Balaban J connectivity index is 1.43. The third-order valence-electron chi connectivity index (χ3n) is 8.26. The van der Waals surface area contributed by atoms with E-state index in [2.05, 4.69) is 0 Å². The molecule has 6 rings (SSSR count). The minimum Gasteiger partial charge on any atom is -0.507 e. The number of nitrogens with zero attached hydrogens (tertiary/aromatic N) is 2. The highest BCUT2D eigenvalue weighted by Crippen LogP contribution is 2.40. The zero-order chi connectivity index (χ0) is 33.3. The molecule has 48 heavy (non-hydrogen) atoms. The van der Waals surface area contributed by atoms with Crippen LogP contribution in [0.15, 0.2) is 156 Å². The van der Waals surface area contributed by atoms with E-state index >= 15 is 0 Å². The molecular weight excluding hydrogens is 596 g/mol. The van der Waals surface area contributed by atoms with Crippen molar-refractivity contribution < 1.29 is 19.7 Å². The van der Waals surface area contributed by atoms with Crippen molar-refractivity contribution in [2.45, 2.75) is 12.1 Å². The molecule has 0 saturated carbocycles. The molecule has 0 bridgehead atoms. The Morgan fingerprint density at radius 2 is 0.792 bits per heavy atom. The summed E-state index contributed by atoms with van der Waals surface area (Å²) in [6.45, 7) is 0. The number of hydrogen-bond donors (Lipinski definition) is 2. The Kier molecular flexibility index (Phi) is 9.92. The largest absolute Gasteiger partial charge is 0.507 e. The van der Waals surface area contributed by atoms with Crippen molar-refractivity contribution in [3.8, 4) is 45.3 Å². The van der Waals surface area contributed by atoms with E-state index in [-0.39, 0.29) is 11.5 Å². The van der Waals surface area contributed by atoms with Crippen LogP contribution in [-0.2, 0) is 0 Å². The van der Waals surface area contributed by atoms with Gasteiger partial charge in [-0.15, -0.1) is 0 Å². The highest BCUT2D eigenvalue weighted by molar-refractivity contribution is 5.91. The maximum Gasteiger partial charge on any atom is 0.132 e. The number of phenols is 2. The van der Waals surface area contributed by atoms with Gasteiger partial charge >= 0.3 is 0 Å². The Morgan fingerprint density at radius 1 is 0.438 bits per heavy atom. The molecule has 0 spiro atoms. The van der Waals surface area contributed by atoms with Gasteiger partial charge in [-0.25, -0.2) is 0 Å². The van der Waals surface area contributed by atoms with E-state index < -0.39 is 12.1 Å². The van der Waals surface area contributed by atoms with Gasteiger partial charge in [-0.1, -0.05) is 121 Å². The third-order valence-corrected chi connectivity index (χ3v) is 8.26. The summed E-state index contributed by atoms with van der Waals surface area (Å²) in [6, 6.07) is 45.4. The van der Waals surface area contributed by atoms with Crippen molar-refractivity contribution in [2.75, 3.05) is 14.2 Å². The van der Waals surface area contributed by atoms with Crippen LogP contribution in [0.4, 0.5) is 0 Å². The minimum absolute atomic E-state index is 0.107. The van der Waals surface area contributed by atoms with Gasteiger partial charge in [0.2, 0.25) is 0 Å². The highest BCUT2D eigenvalue weighted by Gasteiger charge is 2.24. The average molecular weight is 633 g/mol. The first-order valence-electron chi connectivity index (χ1n) is 15.7. The standard InChI is InChI=1S/C42H36N2O4/c1-47-37-25-11-9-21-33(37)35-23-13-19-31(41(35)45)27-43-39(29-15-5-3-6-16-29)40(30-17-7-4-8-18-30)44-28-32-20-14-24-36(42(32)46)34-22-10-12-26-38(34)48-2/h3-28,39-40,45-46H,1-2H3/t39-,40-/m0/s1. The van der Waals surface area contributed by atoms with Crippen molar-refractivity contribution in [1.82, 2.24) is 0 Å². The zero-order valence-electron chi connectivity index (χ0n) is 26.8. The first kappa shape index (κ1) is 31.8. The summed E-state index contributed by atoms with van der Waals surface area (Å²) in [7, 11) is 3.23. The van der Waals surface area contributed by atoms with Gasteiger partial charge in [0.1, 0.15) is 35.1 Å². The van der Waals surface area contributed by atoms with E-state index in [0.717, 1.165) is 22.3 Å². The topological polar surface area (TPSA) is 83.6 Å². The SMILES string of the molecule is COc1ccccc1-c1cccc(C=N[C@@H](c2ccccc2)[C@@H](N=Cc2cccc(-c3ccccc3OC)c2O)c2ccccc2)c1O. The van der Waals surface area contributed by atoms with E-state index in [4.69, 9.17) is 19.5 Å². The fraction of sp³-hybridized carbons (Fsp3) is 0.0952. The quantitative estimate of drug-likeness (QED) is 0.139. The predicted octanol–water partition coefficient (Wildman–Crippen LogP) is 9.47. The molecule has 2 atom stereocenters. The second-order valence-electron chi connectivity index (χ2n) is 11.2. The number of benzene rings is 6. The molecule has 6 aromatic rings. The van der Waals surface area contributed by atoms with Crippen LogP contribution in [0.5, 0.6) is 23.0 Å². The number of phenolic OH excluding ortho intramolecular Hbond substituents is 2. The van der Waals surface area contributed by atoms with Crippen LogP contribution in [-0.4, -0.2) is 36.9 Å². The summed E-state index contributed by atoms with van der Waals surface area (Å²) in [5.41, 5.74) is 5.91. The molecule has 0 saturated heterocycles. The Bertz CT molecular complexity index is 1890. The first-order valence-corrected chi connectivity index (χ1v) is 15.7. The van der Waals surface area contributed by atoms with Crippen LogP contribution in [0.3, 0.4) is 0 Å². The lowest BCUT2D eigenvalue weighted by Gasteiger charge is -2.22. The molecule has 0 heterocycles. The molecule has 0 fully saturated rings. The van der Waals surface area contributed by atoms with Gasteiger partial charge in [0.25, 0.3) is 0 Å². The summed E-state index contributed by atoms with van der Waals surface area (Å²) in [6.07, 6.45) is 3.41. The Labute approximate surface area is 281 Å². The fourth-order valence-electron chi connectivity index (χ4n) is 5.82. The van der Waals surface area contributed by atoms with Crippen LogP contribution in [0.1, 0.15) is 34.3 Å². The van der Waals surface area contributed by atoms with Crippen LogP contribution >= 0.6 is 0 Å². The van der Waals surface area contributed by atoms with E-state index in [1.54, 1.807) is 26.6 Å². The van der Waals surface area contributed by atoms with Crippen LogP contribution in [0.25, 0.3) is 22.3 Å². The van der Waals surface area contributed by atoms with E-state index in [0.29, 0.717) is 33.8 Å². The lowest BCUT2D eigenvalue weighted by atomic mass is 9.94. The lowest BCUT2D eigenvalue weighted by Crippen LogP contribution is -2.09. The summed E-state index contributed by atoms with van der Waals surface area (Å²) in [4.78, 5) is 10.2. The number of ether oxygens (including phenoxy) is 2. The molecule has 238 valence electrons. The Hall–Kier alpha value is -6.14. The van der Waals surface area contributed by atoms with Gasteiger partial charge in [0.05, 0.1) is 14.2 Å². The molecule has 0 unspecified atom stereocenters. The predicted molar refractivity (Wildman–Crippen MR) is 194 cm³/mol. The maximum absolute atomic E-state index is 11.4. The van der Waals surface area contributed by atoms with Gasteiger partial charge in [-0.2, -0.15) is 0 Å². The molecule has 0 aliphatic heterocycles. The first-order chi connectivity index (χ1) is 23.6. The van der Waals surface area contributed by atoms with Crippen LogP contribution < -0.4 is 9.47 Å². The minimum atomic E-state index is -0.460. The molecule has 6 nitrogen and oxygen atoms in total. The van der Waals surface area contributed by atoms with Gasteiger partial charge in [-0.05, 0) is 35.4 Å². The number of para-hydroxylation sites is 4. The molecule has 0 aromatic heterocycles. The molecular formula is C42H36N2O4.